The second-order valence-electron chi connectivity index (χ2n) is 2.66. The van der Waals surface area contributed by atoms with E-state index >= 15 is 0 Å². The van der Waals surface area contributed by atoms with Crippen LogP contribution in [0.25, 0.3) is 0 Å². The lowest BCUT2D eigenvalue weighted by Crippen LogP contribution is -2.09. The summed E-state index contributed by atoms with van der Waals surface area (Å²) in [4.78, 5) is 1.19. The van der Waals surface area contributed by atoms with Crippen molar-refractivity contribution in [2.24, 2.45) is 5.73 Å². The average molecular weight is 274 g/mol. The molecule has 0 aliphatic rings. The maximum atomic E-state index is 5.48. The fourth-order valence-corrected chi connectivity index (χ4v) is 2.54. The minimum Gasteiger partial charge on any atom is -0.324 e. The Bertz CT molecular complexity index is 423. The first-order valence-corrected chi connectivity index (χ1v) is 5.60. The fraction of sp³-hybridized carbons (Fsp3) is 0.286. The molecule has 0 fully saturated rings. The molecule has 7 heteroatoms. The van der Waals surface area contributed by atoms with Crippen LogP contribution in [0.1, 0.15) is 10.7 Å². The molecule has 14 heavy (non-hydrogen) atoms. The Morgan fingerprint density at radius 3 is 3.00 bits per heavy atom. The largest absolute Gasteiger partial charge is 0.324 e. The Hall–Kier alpha value is -0.790. The number of aromatic nitrogens is 4. The van der Waals surface area contributed by atoms with E-state index in [2.05, 4.69) is 31.5 Å². The highest BCUT2D eigenvalue weighted by molar-refractivity contribution is 9.11. The van der Waals surface area contributed by atoms with Crippen molar-refractivity contribution in [3.63, 3.8) is 0 Å². The number of nitrogens with zero attached hydrogens (tertiary/aromatic N) is 4. The number of hydrogen-bond acceptors (Lipinski definition) is 5. The molecule has 0 aliphatic heterocycles. The summed E-state index contributed by atoms with van der Waals surface area (Å²) in [5.74, 6) is 0.703. The Morgan fingerprint density at radius 2 is 2.36 bits per heavy atom. The van der Waals surface area contributed by atoms with E-state index in [4.69, 9.17) is 5.73 Å². The highest BCUT2D eigenvalue weighted by atomic mass is 79.9. The van der Waals surface area contributed by atoms with Crippen LogP contribution in [0.4, 0.5) is 0 Å². The molecule has 2 N–H and O–H groups in total. The van der Waals surface area contributed by atoms with Gasteiger partial charge in [0.25, 0.3) is 0 Å². The lowest BCUT2D eigenvalue weighted by molar-refractivity contribution is 0.624. The third-order valence-electron chi connectivity index (χ3n) is 1.72. The van der Waals surface area contributed by atoms with Crippen LogP contribution >= 0.6 is 27.3 Å². The second kappa shape index (κ2) is 4.16. The molecule has 0 bridgehead atoms. The SMILES string of the molecule is NCc1nnnn1Cc1ccc(Br)s1. The first-order valence-electron chi connectivity index (χ1n) is 3.99. The van der Waals surface area contributed by atoms with Crippen LogP contribution in [0.5, 0.6) is 0 Å². The maximum absolute atomic E-state index is 5.48. The van der Waals surface area contributed by atoms with Gasteiger partial charge in [-0.3, -0.25) is 0 Å². The minimum absolute atomic E-state index is 0.361. The molecule has 2 heterocycles. The summed E-state index contributed by atoms with van der Waals surface area (Å²) in [5, 5.41) is 11.2. The number of thiophene rings is 1. The lowest BCUT2D eigenvalue weighted by atomic mass is 10.4. The molecule has 0 amide bonds. The normalized spacial score (nSPS) is 10.7. The highest BCUT2D eigenvalue weighted by Crippen LogP contribution is 2.22. The van der Waals surface area contributed by atoms with Gasteiger partial charge in [-0.1, -0.05) is 0 Å². The highest BCUT2D eigenvalue weighted by Gasteiger charge is 2.05. The fourth-order valence-electron chi connectivity index (χ4n) is 1.08. The van der Waals surface area contributed by atoms with E-state index in [0.717, 1.165) is 3.79 Å². The van der Waals surface area contributed by atoms with Crippen LogP contribution in [0, 0.1) is 0 Å². The number of hydrogen-bond donors (Lipinski definition) is 1. The molecule has 0 spiro atoms. The molecule has 2 aromatic heterocycles. The summed E-state index contributed by atoms with van der Waals surface area (Å²) < 4.78 is 2.81. The molecule has 0 radical (unpaired) electrons. The minimum atomic E-state index is 0.361. The summed E-state index contributed by atoms with van der Waals surface area (Å²) in [5.41, 5.74) is 5.48. The van der Waals surface area contributed by atoms with E-state index in [1.807, 2.05) is 12.1 Å². The van der Waals surface area contributed by atoms with E-state index in [-0.39, 0.29) is 0 Å². The molecule has 0 aromatic carbocycles. The van der Waals surface area contributed by atoms with Gasteiger partial charge in [0.05, 0.1) is 16.9 Å². The van der Waals surface area contributed by atoms with Crippen LogP contribution in [0.3, 0.4) is 0 Å². The van der Waals surface area contributed by atoms with Gasteiger partial charge in [0, 0.05) is 4.88 Å². The smallest absolute Gasteiger partial charge is 0.165 e. The molecule has 0 atom stereocenters. The van der Waals surface area contributed by atoms with Crippen molar-refractivity contribution in [2.45, 2.75) is 13.1 Å². The van der Waals surface area contributed by atoms with Gasteiger partial charge < -0.3 is 5.73 Å². The molecule has 2 rings (SSSR count). The van der Waals surface area contributed by atoms with Gasteiger partial charge in [-0.25, -0.2) is 4.68 Å². The Labute approximate surface area is 93.0 Å². The summed E-state index contributed by atoms with van der Waals surface area (Å²) in [6, 6.07) is 4.04. The van der Waals surface area contributed by atoms with E-state index in [1.54, 1.807) is 16.0 Å². The third-order valence-corrected chi connectivity index (χ3v) is 3.33. The van der Waals surface area contributed by atoms with Gasteiger partial charge in [-0.2, -0.15) is 0 Å². The third kappa shape index (κ3) is 1.99. The Morgan fingerprint density at radius 1 is 1.50 bits per heavy atom. The second-order valence-corrected chi connectivity index (χ2v) is 5.21. The first kappa shape index (κ1) is 9.75. The van der Waals surface area contributed by atoms with Crippen molar-refractivity contribution in [1.82, 2.24) is 20.2 Å². The predicted molar refractivity (Wildman–Crippen MR) is 56.8 cm³/mol. The zero-order chi connectivity index (χ0) is 9.97. The average Bonchev–Trinajstić information content (AvgIpc) is 2.76. The molecular formula is C7H8BrN5S. The van der Waals surface area contributed by atoms with Gasteiger partial charge in [0.15, 0.2) is 5.82 Å². The van der Waals surface area contributed by atoms with Crippen molar-refractivity contribution >= 4 is 27.3 Å². The summed E-state index contributed by atoms with van der Waals surface area (Å²) >= 11 is 5.07. The van der Waals surface area contributed by atoms with Gasteiger partial charge in [0.2, 0.25) is 0 Å². The van der Waals surface area contributed by atoms with Gasteiger partial charge in [-0.15, -0.1) is 16.4 Å². The lowest BCUT2D eigenvalue weighted by Gasteiger charge is -1.99. The molecule has 0 aliphatic carbocycles. The zero-order valence-corrected chi connectivity index (χ0v) is 9.62. The number of tetrazole rings is 1. The van der Waals surface area contributed by atoms with Crippen LogP contribution in [0.15, 0.2) is 15.9 Å². The van der Waals surface area contributed by atoms with Crippen molar-refractivity contribution in [1.29, 1.82) is 0 Å². The molecule has 74 valence electrons. The monoisotopic (exact) mass is 273 g/mol. The van der Waals surface area contributed by atoms with Gasteiger partial charge >= 0.3 is 0 Å². The summed E-state index contributed by atoms with van der Waals surface area (Å²) in [6.45, 7) is 1.04. The van der Waals surface area contributed by atoms with Crippen molar-refractivity contribution in [3.05, 3.63) is 26.6 Å². The molecule has 0 unspecified atom stereocenters. The first-order chi connectivity index (χ1) is 6.79. The predicted octanol–water partition coefficient (Wildman–Crippen LogP) is 1.00. The van der Waals surface area contributed by atoms with Gasteiger partial charge in [0.1, 0.15) is 0 Å². The number of rotatable bonds is 3. The van der Waals surface area contributed by atoms with E-state index < -0.39 is 0 Å². The van der Waals surface area contributed by atoms with Crippen molar-refractivity contribution < 1.29 is 0 Å². The number of nitrogens with two attached hydrogens (primary N) is 1. The molecular weight excluding hydrogens is 266 g/mol. The van der Waals surface area contributed by atoms with Crippen molar-refractivity contribution in [3.8, 4) is 0 Å². The van der Waals surface area contributed by atoms with Gasteiger partial charge in [-0.05, 0) is 38.5 Å². The van der Waals surface area contributed by atoms with Crippen LogP contribution in [-0.2, 0) is 13.1 Å². The summed E-state index contributed by atoms with van der Waals surface area (Å²) in [6.07, 6.45) is 0. The van der Waals surface area contributed by atoms with Crippen LogP contribution in [0.2, 0.25) is 0 Å². The zero-order valence-electron chi connectivity index (χ0n) is 7.22. The quantitative estimate of drug-likeness (QED) is 0.906. The van der Waals surface area contributed by atoms with E-state index in [9.17, 15) is 0 Å². The maximum Gasteiger partial charge on any atom is 0.165 e. The van der Waals surface area contributed by atoms with Crippen LogP contribution < -0.4 is 5.73 Å². The van der Waals surface area contributed by atoms with Crippen molar-refractivity contribution in [2.75, 3.05) is 0 Å². The topological polar surface area (TPSA) is 69.6 Å². The van der Waals surface area contributed by atoms with E-state index in [1.165, 1.54) is 4.88 Å². The molecule has 5 nitrogen and oxygen atoms in total. The standard InChI is InChI=1S/C7H8BrN5S/c8-6-2-1-5(14-6)4-13-7(3-9)10-11-12-13/h1-2H,3-4,9H2. The molecule has 0 saturated carbocycles. The summed E-state index contributed by atoms with van der Waals surface area (Å²) in [7, 11) is 0. The molecule has 2 aromatic rings. The Balaban J connectivity index is 2.18. The molecule has 0 saturated heterocycles. The van der Waals surface area contributed by atoms with Crippen LogP contribution in [-0.4, -0.2) is 20.2 Å². The Kier molecular flexibility index (Phi) is 2.90. The number of halogens is 1. The van der Waals surface area contributed by atoms with E-state index in [0.29, 0.717) is 18.9 Å².